The number of nitrogens with one attached hydrogen (secondary N) is 1. The number of ether oxygens (including phenoxy) is 1. The van der Waals surface area contributed by atoms with Crippen LogP contribution in [-0.4, -0.2) is 42.1 Å². The Morgan fingerprint density at radius 2 is 1.91 bits per heavy atom. The number of nitrogens with zero attached hydrogens (tertiary/aromatic N) is 1. The van der Waals surface area contributed by atoms with Crippen LogP contribution in [0.4, 0.5) is 0 Å². The van der Waals surface area contributed by atoms with Crippen molar-refractivity contribution in [1.82, 2.24) is 10.2 Å². The van der Waals surface area contributed by atoms with Crippen molar-refractivity contribution in [3.05, 3.63) is 29.8 Å². The summed E-state index contributed by atoms with van der Waals surface area (Å²) in [6.45, 7) is 1.95. The van der Waals surface area contributed by atoms with Gasteiger partial charge in [0.1, 0.15) is 5.75 Å². The predicted molar refractivity (Wildman–Crippen MR) is 89.8 cm³/mol. The van der Waals surface area contributed by atoms with Gasteiger partial charge in [0.05, 0.1) is 6.10 Å². The van der Waals surface area contributed by atoms with E-state index in [2.05, 4.69) is 10.2 Å². The molecule has 1 amide bonds. The van der Waals surface area contributed by atoms with Gasteiger partial charge in [-0.2, -0.15) is 0 Å². The molecule has 124 valence electrons. The molecule has 2 atom stereocenters. The van der Waals surface area contributed by atoms with Crippen molar-refractivity contribution in [1.29, 1.82) is 0 Å². The minimum atomic E-state index is 0.179. The van der Waals surface area contributed by atoms with E-state index in [1.54, 1.807) is 0 Å². The Hall–Kier alpha value is -1.55. The Morgan fingerprint density at radius 3 is 2.78 bits per heavy atom. The Kier molecular flexibility index (Phi) is 4.25. The first kappa shape index (κ1) is 15.0. The summed E-state index contributed by atoms with van der Waals surface area (Å²) in [5.41, 5.74) is 0.777. The van der Waals surface area contributed by atoms with Gasteiger partial charge in [-0.05, 0) is 69.7 Å². The number of fused-ring (bicyclic) bond motifs is 2. The van der Waals surface area contributed by atoms with Gasteiger partial charge in [-0.3, -0.25) is 4.79 Å². The average Bonchev–Trinajstić information content (AvgIpc) is 3.14. The second-order valence-corrected chi connectivity index (χ2v) is 7.14. The van der Waals surface area contributed by atoms with Crippen molar-refractivity contribution in [3.8, 4) is 5.75 Å². The van der Waals surface area contributed by atoms with Crippen LogP contribution in [0, 0.1) is 0 Å². The molecule has 4 heteroatoms. The van der Waals surface area contributed by atoms with Crippen LogP contribution in [0.2, 0.25) is 0 Å². The molecule has 23 heavy (non-hydrogen) atoms. The van der Waals surface area contributed by atoms with Gasteiger partial charge < -0.3 is 15.0 Å². The minimum absolute atomic E-state index is 0.179. The van der Waals surface area contributed by atoms with E-state index in [-0.39, 0.29) is 5.91 Å². The molecule has 0 spiro atoms. The smallest absolute Gasteiger partial charge is 0.254 e. The topological polar surface area (TPSA) is 41.6 Å². The Labute approximate surface area is 138 Å². The molecule has 0 aromatic heterocycles. The Morgan fingerprint density at radius 1 is 1.09 bits per heavy atom. The van der Waals surface area contributed by atoms with Gasteiger partial charge in [-0.15, -0.1) is 0 Å². The fourth-order valence-corrected chi connectivity index (χ4v) is 4.36. The molecule has 1 aromatic rings. The standard InChI is InChI=1S/C19H26N2O2/c22-19(21-15-8-9-16(21)13-20-11-10-15)14-4-3-7-18(12-14)23-17-5-1-2-6-17/h3-4,7,12,15-17,20H,1-2,5-6,8-11,13H2. The number of rotatable bonds is 3. The van der Waals surface area contributed by atoms with Crippen LogP contribution in [0.15, 0.2) is 24.3 Å². The monoisotopic (exact) mass is 314 g/mol. The molecule has 0 radical (unpaired) electrons. The summed E-state index contributed by atoms with van der Waals surface area (Å²) in [5.74, 6) is 1.03. The van der Waals surface area contributed by atoms with Crippen molar-refractivity contribution in [3.63, 3.8) is 0 Å². The second kappa shape index (κ2) is 6.52. The van der Waals surface area contributed by atoms with Gasteiger partial charge in [0, 0.05) is 24.2 Å². The summed E-state index contributed by atoms with van der Waals surface area (Å²) < 4.78 is 6.06. The molecule has 2 heterocycles. The molecule has 2 bridgehead atoms. The van der Waals surface area contributed by atoms with Crippen LogP contribution in [0.5, 0.6) is 5.75 Å². The SMILES string of the molecule is O=C(c1cccc(OC2CCCC2)c1)N1C2CCNCC1CC2. The van der Waals surface area contributed by atoms with Gasteiger partial charge >= 0.3 is 0 Å². The molecular formula is C19H26N2O2. The number of carbonyl (C=O) groups is 1. The van der Waals surface area contributed by atoms with Gasteiger partial charge in [0.2, 0.25) is 0 Å². The van der Waals surface area contributed by atoms with Crippen LogP contribution >= 0.6 is 0 Å². The highest BCUT2D eigenvalue weighted by Gasteiger charge is 2.38. The summed E-state index contributed by atoms with van der Waals surface area (Å²) in [4.78, 5) is 15.2. The van der Waals surface area contributed by atoms with E-state index >= 15 is 0 Å². The molecule has 4 nitrogen and oxygen atoms in total. The lowest BCUT2D eigenvalue weighted by molar-refractivity contribution is 0.0679. The maximum atomic E-state index is 13.0. The lowest BCUT2D eigenvalue weighted by Crippen LogP contribution is -2.42. The van der Waals surface area contributed by atoms with Crippen LogP contribution < -0.4 is 10.1 Å². The molecule has 4 rings (SSSR count). The van der Waals surface area contributed by atoms with E-state index in [4.69, 9.17) is 4.74 Å². The summed E-state index contributed by atoms with van der Waals surface area (Å²) in [7, 11) is 0. The normalized spacial score (nSPS) is 27.9. The zero-order valence-electron chi connectivity index (χ0n) is 13.7. The van der Waals surface area contributed by atoms with E-state index in [9.17, 15) is 4.79 Å². The number of amides is 1. The van der Waals surface area contributed by atoms with E-state index in [0.29, 0.717) is 18.2 Å². The summed E-state index contributed by atoms with van der Waals surface area (Å²) in [6, 6.07) is 8.57. The highest BCUT2D eigenvalue weighted by atomic mass is 16.5. The van der Waals surface area contributed by atoms with Crippen molar-refractivity contribution in [2.24, 2.45) is 0 Å². The second-order valence-electron chi connectivity index (χ2n) is 7.14. The molecule has 1 saturated carbocycles. The Balaban J connectivity index is 1.51. The highest BCUT2D eigenvalue weighted by molar-refractivity contribution is 5.95. The maximum absolute atomic E-state index is 13.0. The highest BCUT2D eigenvalue weighted by Crippen LogP contribution is 2.31. The van der Waals surface area contributed by atoms with Crippen LogP contribution in [0.1, 0.15) is 55.3 Å². The first-order chi connectivity index (χ1) is 11.3. The summed E-state index contributed by atoms with van der Waals surface area (Å²) in [5, 5.41) is 3.46. The van der Waals surface area contributed by atoms with Crippen LogP contribution in [0.3, 0.4) is 0 Å². The molecule has 3 aliphatic rings. The van der Waals surface area contributed by atoms with Crippen molar-refractivity contribution < 1.29 is 9.53 Å². The van der Waals surface area contributed by atoms with Crippen molar-refractivity contribution >= 4 is 5.91 Å². The third-order valence-electron chi connectivity index (χ3n) is 5.57. The first-order valence-electron chi connectivity index (χ1n) is 9.11. The third-order valence-corrected chi connectivity index (χ3v) is 5.57. The predicted octanol–water partition coefficient (Wildman–Crippen LogP) is 2.97. The molecular weight excluding hydrogens is 288 g/mol. The molecule has 1 N–H and O–H groups in total. The lowest BCUT2D eigenvalue weighted by Gasteiger charge is -2.28. The zero-order valence-corrected chi connectivity index (χ0v) is 13.7. The number of benzene rings is 1. The van der Waals surface area contributed by atoms with E-state index in [1.165, 1.54) is 12.8 Å². The number of hydrogen-bond acceptors (Lipinski definition) is 3. The van der Waals surface area contributed by atoms with E-state index in [0.717, 1.165) is 56.5 Å². The largest absolute Gasteiger partial charge is 0.490 e. The molecule has 1 aromatic carbocycles. The van der Waals surface area contributed by atoms with Crippen molar-refractivity contribution in [2.75, 3.05) is 13.1 Å². The third kappa shape index (κ3) is 3.09. The average molecular weight is 314 g/mol. The molecule has 2 unspecified atom stereocenters. The first-order valence-corrected chi connectivity index (χ1v) is 9.11. The van der Waals surface area contributed by atoms with Gasteiger partial charge in [0.15, 0.2) is 0 Å². The minimum Gasteiger partial charge on any atom is -0.490 e. The summed E-state index contributed by atoms with van der Waals surface area (Å²) in [6.07, 6.45) is 8.47. The maximum Gasteiger partial charge on any atom is 0.254 e. The van der Waals surface area contributed by atoms with Gasteiger partial charge in [0.25, 0.3) is 5.91 Å². The van der Waals surface area contributed by atoms with Crippen LogP contribution in [0.25, 0.3) is 0 Å². The number of carbonyl (C=O) groups excluding carboxylic acids is 1. The molecule has 3 fully saturated rings. The fraction of sp³-hybridized carbons (Fsp3) is 0.632. The lowest BCUT2D eigenvalue weighted by atomic mass is 10.1. The van der Waals surface area contributed by atoms with Crippen molar-refractivity contribution in [2.45, 2.75) is 63.1 Å². The van der Waals surface area contributed by atoms with E-state index < -0.39 is 0 Å². The molecule has 2 saturated heterocycles. The molecule has 2 aliphatic heterocycles. The quantitative estimate of drug-likeness (QED) is 0.932. The van der Waals surface area contributed by atoms with Crippen LogP contribution in [-0.2, 0) is 0 Å². The summed E-state index contributed by atoms with van der Waals surface area (Å²) >= 11 is 0. The number of hydrogen-bond donors (Lipinski definition) is 1. The Bertz CT molecular complexity index is 554. The van der Waals surface area contributed by atoms with E-state index in [1.807, 2.05) is 24.3 Å². The fourth-order valence-electron chi connectivity index (χ4n) is 4.36. The zero-order chi connectivity index (χ0) is 15.6. The molecule has 1 aliphatic carbocycles. The van der Waals surface area contributed by atoms with Gasteiger partial charge in [-0.25, -0.2) is 0 Å². The van der Waals surface area contributed by atoms with Gasteiger partial charge in [-0.1, -0.05) is 6.07 Å².